The zero-order valence-corrected chi connectivity index (χ0v) is 14.7. The van der Waals surface area contributed by atoms with Crippen LogP contribution in [0.15, 0.2) is 42.5 Å². The Kier molecular flexibility index (Phi) is 5.67. The van der Waals surface area contributed by atoms with Crippen molar-refractivity contribution < 1.29 is 4.79 Å². The molecule has 2 aromatic rings. The molecule has 0 bridgehead atoms. The predicted octanol–water partition coefficient (Wildman–Crippen LogP) is 4.13. The van der Waals surface area contributed by atoms with E-state index in [0.29, 0.717) is 5.69 Å². The first-order valence-corrected chi connectivity index (χ1v) is 7.97. The van der Waals surface area contributed by atoms with Gasteiger partial charge in [-0.15, -0.1) is 0 Å². The highest BCUT2D eigenvalue weighted by atomic mass is 32.1. The molecule has 5 heteroatoms. The van der Waals surface area contributed by atoms with E-state index in [-0.39, 0.29) is 4.99 Å². The zero-order chi connectivity index (χ0) is 17.7. The second kappa shape index (κ2) is 7.71. The Morgan fingerprint density at radius 2 is 1.71 bits per heavy atom. The number of aryl methyl sites for hydroxylation is 3. The summed E-state index contributed by atoms with van der Waals surface area (Å²) in [6.07, 6.45) is 0. The van der Waals surface area contributed by atoms with Crippen molar-refractivity contribution in [1.82, 2.24) is 0 Å². The van der Waals surface area contributed by atoms with Crippen molar-refractivity contribution in [1.29, 1.82) is 5.26 Å². The molecule has 0 saturated heterocycles. The van der Waals surface area contributed by atoms with E-state index in [1.807, 2.05) is 63.2 Å². The van der Waals surface area contributed by atoms with Crippen LogP contribution < -0.4 is 10.6 Å². The number of nitrogens with zero attached hydrogens (tertiary/aromatic N) is 1. The van der Waals surface area contributed by atoms with Crippen LogP contribution in [0.1, 0.15) is 16.7 Å². The number of carbonyl (C=O) groups excluding carboxylic acids is 1. The summed E-state index contributed by atoms with van der Waals surface area (Å²) < 4.78 is 0. The Morgan fingerprint density at radius 3 is 2.33 bits per heavy atom. The van der Waals surface area contributed by atoms with Gasteiger partial charge in [-0.05, 0) is 44.0 Å². The Morgan fingerprint density at radius 1 is 1.04 bits per heavy atom. The highest BCUT2D eigenvalue weighted by Gasteiger charge is 2.24. The minimum Gasteiger partial charge on any atom is -0.348 e. The quantitative estimate of drug-likeness (QED) is 0.823. The minimum atomic E-state index is -1.06. The SMILES string of the molecule is Cc1ccc(NC(=S)C(C#N)C(=O)Nc2ccccc2C)c(C)c1. The maximum atomic E-state index is 12.4. The Labute approximate surface area is 147 Å². The van der Waals surface area contributed by atoms with Gasteiger partial charge in [0.15, 0.2) is 5.92 Å². The normalized spacial score (nSPS) is 11.2. The van der Waals surface area contributed by atoms with Gasteiger partial charge in [0.25, 0.3) is 0 Å². The van der Waals surface area contributed by atoms with E-state index in [0.717, 1.165) is 22.4 Å². The number of hydrogen-bond acceptors (Lipinski definition) is 3. The van der Waals surface area contributed by atoms with E-state index in [1.54, 1.807) is 6.07 Å². The molecule has 2 N–H and O–H groups in total. The van der Waals surface area contributed by atoms with E-state index >= 15 is 0 Å². The monoisotopic (exact) mass is 337 g/mol. The van der Waals surface area contributed by atoms with Crippen LogP contribution in [0, 0.1) is 38.0 Å². The third kappa shape index (κ3) is 4.18. The molecule has 0 saturated carbocycles. The average molecular weight is 337 g/mol. The van der Waals surface area contributed by atoms with Gasteiger partial charge < -0.3 is 10.6 Å². The van der Waals surface area contributed by atoms with E-state index in [4.69, 9.17) is 12.2 Å². The van der Waals surface area contributed by atoms with Crippen LogP contribution in [-0.4, -0.2) is 10.9 Å². The molecular weight excluding hydrogens is 318 g/mol. The van der Waals surface area contributed by atoms with Crippen LogP contribution in [0.3, 0.4) is 0 Å². The van der Waals surface area contributed by atoms with Gasteiger partial charge in [-0.2, -0.15) is 5.26 Å². The number of amides is 1. The highest BCUT2D eigenvalue weighted by molar-refractivity contribution is 7.80. The summed E-state index contributed by atoms with van der Waals surface area (Å²) in [5.41, 5.74) is 4.55. The van der Waals surface area contributed by atoms with E-state index in [9.17, 15) is 10.1 Å². The molecule has 1 unspecified atom stereocenters. The number of para-hydroxylation sites is 1. The molecule has 0 aromatic heterocycles. The highest BCUT2D eigenvalue weighted by Crippen LogP contribution is 2.19. The smallest absolute Gasteiger partial charge is 0.248 e. The molecule has 0 radical (unpaired) electrons. The fourth-order valence-electron chi connectivity index (χ4n) is 2.31. The van der Waals surface area contributed by atoms with Crippen LogP contribution in [0.2, 0.25) is 0 Å². The number of nitriles is 1. The zero-order valence-electron chi connectivity index (χ0n) is 13.9. The lowest BCUT2D eigenvalue weighted by Crippen LogP contribution is -2.32. The van der Waals surface area contributed by atoms with Crippen molar-refractivity contribution in [3.05, 3.63) is 59.2 Å². The lowest BCUT2D eigenvalue weighted by Gasteiger charge is -2.16. The fourth-order valence-corrected chi connectivity index (χ4v) is 2.58. The number of anilines is 2. The van der Waals surface area contributed by atoms with Gasteiger partial charge in [-0.1, -0.05) is 48.1 Å². The maximum absolute atomic E-state index is 12.4. The molecule has 122 valence electrons. The van der Waals surface area contributed by atoms with E-state index in [2.05, 4.69) is 10.6 Å². The number of rotatable bonds is 4. The van der Waals surface area contributed by atoms with Crippen molar-refractivity contribution in [2.75, 3.05) is 10.6 Å². The Hall–Kier alpha value is -2.71. The van der Waals surface area contributed by atoms with Gasteiger partial charge in [0.2, 0.25) is 5.91 Å². The van der Waals surface area contributed by atoms with Gasteiger partial charge in [0, 0.05) is 11.4 Å². The van der Waals surface area contributed by atoms with Crippen LogP contribution in [0.4, 0.5) is 11.4 Å². The van der Waals surface area contributed by atoms with Gasteiger partial charge in [-0.25, -0.2) is 0 Å². The molecule has 4 nitrogen and oxygen atoms in total. The molecule has 0 aliphatic heterocycles. The molecule has 2 rings (SSSR count). The second-order valence-corrected chi connectivity index (χ2v) is 6.11. The number of hydrogen-bond donors (Lipinski definition) is 2. The van der Waals surface area contributed by atoms with Crippen molar-refractivity contribution in [2.24, 2.45) is 5.92 Å². The first-order valence-electron chi connectivity index (χ1n) is 7.56. The molecule has 0 heterocycles. The van der Waals surface area contributed by atoms with Crippen molar-refractivity contribution >= 4 is 34.5 Å². The first-order chi connectivity index (χ1) is 11.4. The molecular formula is C19H19N3OS. The molecule has 2 aromatic carbocycles. The van der Waals surface area contributed by atoms with Crippen molar-refractivity contribution in [3.63, 3.8) is 0 Å². The van der Waals surface area contributed by atoms with Crippen LogP contribution in [0.5, 0.6) is 0 Å². The van der Waals surface area contributed by atoms with Crippen LogP contribution in [0.25, 0.3) is 0 Å². The predicted molar refractivity (Wildman–Crippen MR) is 101 cm³/mol. The third-order valence-electron chi connectivity index (χ3n) is 3.70. The summed E-state index contributed by atoms with van der Waals surface area (Å²) in [4.78, 5) is 12.6. The second-order valence-electron chi connectivity index (χ2n) is 5.67. The number of nitrogens with one attached hydrogen (secondary N) is 2. The lowest BCUT2D eigenvalue weighted by molar-refractivity contribution is -0.116. The molecule has 0 aliphatic carbocycles. The number of benzene rings is 2. The Balaban J connectivity index is 2.12. The summed E-state index contributed by atoms with van der Waals surface area (Å²) >= 11 is 5.28. The minimum absolute atomic E-state index is 0.190. The number of thiocarbonyl (C=S) groups is 1. The summed E-state index contributed by atoms with van der Waals surface area (Å²) in [6.45, 7) is 5.85. The maximum Gasteiger partial charge on any atom is 0.248 e. The first kappa shape index (κ1) is 17.6. The van der Waals surface area contributed by atoms with Gasteiger partial charge in [0.05, 0.1) is 6.07 Å². The molecule has 0 fully saturated rings. The number of carbonyl (C=O) groups is 1. The van der Waals surface area contributed by atoms with Gasteiger partial charge in [-0.3, -0.25) is 4.79 Å². The molecule has 1 amide bonds. The fraction of sp³-hybridized carbons (Fsp3) is 0.211. The summed E-state index contributed by atoms with van der Waals surface area (Å²) in [6, 6.07) is 15.2. The molecule has 0 aliphatic rings. The van der Waals surface area contributed by atoms with Crippen molar-refractivity contribution in [3.8, 4) is 6.07 Å². The van der Waals surface area contributed by atoms with Crippen molar-refractivity contribution in [2.45, 2.75) is 20.8 Å². The van der Waals surface area contributed by atoms with Gasteiger partial charge in [0.1, 0.15) is 4.99 Å². The average Bonchev–Trinajstić information content (AvgIpc) is 2.53. The standard InChI is InChI=1S/C19H19N3OS/c1-12-8-9-17(14(3)10-12)22-19(24)15(11-20)18(23)21-16-7-5-4-6-13(16)2/h4-10,15H,1-3H3,(H,21,23)(H,22,24). The summed E-state index contributed by atoms with van der Waals surface area (Å²) in [5.74, 6) is -1.49. The molecule has 1 atom stereocenters. The van der Waals surface area contributed by atoms with Crippen LogP contribution >= 0.6 is 12.2 Å². The molecule has 0 spiro atoms. The van der Waals surface area contributed by atoms with E-state index in [1.165, 1.54) is 0 Å². The van der Waals surface area contributed by atoms with Gasteiger partial charge >= 0.3 is 0 Å². The summed E-state index contributed by atoms with van der Waals surface area (Å²) in [5, 5.41) is 15.1. The topological polar surface area (TPSA) is 64.9 Å². The van der Waals surface area contributed by atoms with Crippen LogP contribution in [-0.2, 0) is 4.79 Å². The molecule has 24 heavy (non-hydrogen) atoms. The third-order valence-corrected chi connectivity index (χ3v) is 4.03. The lowest BCUT2D eigenvalue weighted by atomic mass is 10.1. The van der Waals surface area contributed by atoms with E-state index < -0.39 is 11.8 Å². The largest absolute Gasteiger partial charge is 0.348 e. The summed E-state index contributed by atoms with van der Waals surface area (Å²) in [7, 11) is 0. The Bertz CT molecular complexity index is 824.